The van der Waals surface area contributed by atoms with Crippen LogP contribution in [0.15, 0.2) is 22.7 Å². The van der Waals surface area contributed by atoms with E-state index in [4.69, 9.17) is 9.84 Å². The van der Waals surface area contributed by atoms with Crippen LogP contribution in [0.3, 0.4) is 0 Å². The van der Waals surface area contributed by atoms with E-state index in [-0.39, 0.29) is 24.9 Å². The van der Waals surface area contributed by atoms with E-state index in [1.165, 1.54) is 18.2 Å². The highest BCUT2D eigenvalue weighted by Crippen LogP contribution is 2.26. The fourth-order valence-electron chi connectivity index (χ4n) is 1.97. The number of aliphatic carboxylic acids is 1. The van der Waals surface area contributed by atoms with Crippen molar-refractivity contribution < 1.29 is 23.8 Å². The summed E-state index contributed by atoms with van der Waals surface area (Å²) in [6, 6.07) is 3.94. The van der Waals surface area contributed by atoms with Gasteiger partial charge in [0.15, 0.2) is 6.61 Å². The number of likely N-dealkylation sites (tertiary alicyclic amines) is 1. The molecule has 0 atom stereocenters. The fourth-order valence-corrected chi connectivity index (χ4v) is 2.44. The Kier molecular flexibility index (Phi) is 4.59. The zero-order valence-corrected chi connectivity index (χ0v) is 12.1. The first-order valence-electron chi connectivity index (χ1n) is 6.03. The lowest BCUT2D eigenvalue weighted by Gasteiger charge is -2.38. The zero-order chi connectivity index (χ0) is 14.7. The number of carboxylic acid groups (broad SMARTS) is 1. The van der Waals surface area contributed by atoms with Crippen LogP contribution in [0.25, 0.3) is 0 Å². The molecule has 1 saturated heterocycles. The molecule has 1 aromatic carbocycles. The van der Waals surface area contributed by atoms with Gasteiger partial charge in [0.25, 0.3) is 5.91 Å². The molecule has 1 N–H and O–H groups in total. The van der Waals surface area contributed by atoms with Gasteiger partial charge in [-0.25, -0.2) is 4.39 Å². The molecule has 1 heterocycles. The Bertz CT molecular complexity index is 531. The maximum absolute atomic E-state index is 12.9. The van der Waals surface area contributed by atoms with Gasteiger partial charge < -0.3 is 14.7 Å². The van der Waals surface area contributed by atoms with Gasteiger partial charge >= 0.3 is 5.97 Å². The molecule has 1 aliphatic rings. The maximum Gasteiger partial charge on any atom is 0.303 e. The molecule has 0 unspecified atom stereocenters. The molecule has 7 heteroatoms. The Morgan fingerprint density at radius 3 is 2.75 bits per heavy atom. The van der Waals surface area contributed by atoms with Crippen molar-refractivity contribution in [3.05, 3.63) is 28.5 Å². The van der Waals surface area contributed by atoms with E-state index in [1.54, 1.807) is 4.90 Å². The molecule has 108 valence electrons. The fraction of sp³-hybridized carbons (Fsp3) is 0.385. The summed E-state index contributed by atoms with van der Waals surface area (Å²) in [6.07, 6.45) is 0.0775. The number of rotatable bonds is 5. The molecule has 2 rings (SSSR count). The van der Waals surface area contributed by atoms with Crippen molar-refractivity contribution in [3.8, 4) is 5.75 Å². The average Bonchev–Trinajstić information content (AvgIpc) is 2.31. The Morgan fingerprint density at radius 2 is 2.15 bits per heavy atom. The minimum atomic E-state index is -0.853. The molecule has 0 radical (unpaired) electrons. The quantitative estimate of drug-likeness (QED) is 0.884. The molecule has 0 bridgehead atoms. The molecule has 0 aromatic heterocycles. The van der Waals surface area contributed by atoms with Crippen molar-refractivity contribution in [3.63, 3.8) is 0 Å². The van der Waals surface area contributed by atoms with E-state index in [0.29, 0.717) is 23.3 Å². The Hall–Kier alpha value is -1.63. The number of hydrogen-bond acceptors (Lipinski definition) is 3. The minimum absolute atomic E-state index is 0.0222. The van der Waals surface area contributed by atoms with Gasteiger partial charge in [0.1, 0.15) is 11.6 Å². The monoisotopic (exact) mass is 345 g/mol. The smallest absolute Gasteiger partial charge is 0.303 e. The van der Waals surface area contributed by atoms with Gasteiger partial charge in [-0.2, -0.15) is 0 Å². The predicted molar refractivity (Wildman–Crippen MR) is 71.9 cm³/mol. The summed E-state index contributed by atoms with van der Waals surface area (Å²) in [5, 5.41) is 8.61. The molecule has 0 aliphatic carbocycles. The largest absolute Gasteiger partial charge is 0.483 e. The summed E-state index contributed by atoms with van der Waals surface area (Å²) in [5.41, 5.74) is 0. The summed E-state index contributed by atoms with van der Waals surface area (Å²) in [6.45, 7) is 0.738. The molecular weight excluding hydrogens is 333 g/mol. The zero-order valence-electron chi connectivity index (χ0n) is 10.5. The summed E-state index contributed by atoms with van der Waals surface area (Å²) in [5.74, 6) is -1.04. The number of amides is 1. The van der Waals surface area contributed by atoms with Crippen molar-refractivity contribution in [2.75, 3.05) is 19.7 Å². The van der Waals surface area contributed by atoms with Gasteiger partial charge in [0.2, 0.25) is 0 Å². The topological polar surface area (TPSA) is 66.8 Å². The highest BCUT2D eigenvalue weighted by Gasteiger charge is 2.32. The number of benzene rings is 1. The van der Waals surface area contributed by atoms with Crippen LogP contribution in [0.2, 0.25) is 0 Å². The molecule has 0 saturated carbocycles. The maximum atomic E-state index is 12.9. The van der Waals surface area contributed by atoms with Crippen LogP contribution >= 0.6 is 15.9 Å². The molecule has 5 nitrogen and oxygen atoms in total. The number of carboxylic acids is 1. The van der Waals surface area contributed by atoms with Crippen molar-refractivity contribution >= 4 is 27.8 Å². The normalized spacial score (nSPS) is 14.8. The van der Waals surface area contributed by atoms with Gasteiger partial charge in [0.05, 0.1) is 10.9 Å². The summed E-state index contributed by atoms with van der Waals surface area (Å²) < 4.78 is 18.6. The average molecular weight is 346 g/mol. The molecule has 1 amide bonds. The number of ether oxygens (including phenoxy) is 1. The molecule has 20 heavy (non-hydrogen) atoms. The lowest BCUT2D eigenvalue weighted by molar-refractivity contribution is -0.146. The van der Waals surface area contributed by atoms with E-state index in [1.807, 2.05) is 0 Å². The second-order valence-electron chi connectivity index (χ2n) is 4.63. The second-order valence-corrected chi connectivity index (χ2v) is 5.48. The number of carbonyl (C=O) groups excluding carboxylic acids is 1. The van der Waals surface area contributed by atoms with Gasteiger partial charge in [-0.3, -0.25) is 9.59 Å². The first-order valence-corrected chi connectivity index (χ1v) is 6.82. The lowest BCUT2D eigenvalue weighted by Crippen LogP contribution is -2.52. The van der Waals surface area contributed by atoms with Crippen molar-refractivity contribution in [1.82, 2.24) is 4.90 Å². The van der Waals surface area contributed by atoms with E-state index in [9.17, 15) is 14.0 Å². The van der Waals surface area contributed by atoms with Crippen LogP contribution in [-0.2, 0) is 9.59 Å². The highest BCUT2D eigenvalue weighted by atomic mass is 79.9. The number of halogens is 2. The Balaban J connectivity index is 1.78. The molecule has 1 aromatic rings. The van der Waals surface area contributed by atoms with Gasteiger partial charge in [-0.1, -0.05) is 0 Å². The van der Waals surface area contributed by atoms with E-state index >= 15 is 0 Å². The molecule has 1 aliphatic heterocycles. The standard InChI is InChI=1S/C13H13BrFNO4/c14-10-4-9(15)1-2-11(10)20-7-12(17)16-5-8(6-16)3-13(18)19/h1-2,4,8H,3,5-7H2,(H,18,19). The predicted octanol–water partition coefficient (Wildman–Crippen LogP) is 1.90. The Morgan fingerprint density at radius 1 is 1.45 bits per heavy atom. The number of carbonyl (C=O) groups is 2. The minimum Gasteiger partial charge on any atom is -0.483 e. The molecular formula is C13H13BrFNO4. The summed E-state index contributed by atoms with van der Waals surface area (Å²) in [7, 11) is 0. The summed E-state index contributed by atoms with van der Waals surface area (Å²) >= 11 is 3.15. The van der Waals surface area contributed by atoms with Gasteiger partial charge in [-0.15, -0.1) is 0 Å². The second kappa shape index (κ2) is 6.21. The van der Waals surface area contributed by atoms with Gasteiger partial charge in [0, 0.05) is 19.0 Å². The number of hydrogen-bond donors (Lipinski definition) is 1. The van der Waals surface area contributed by atoms with E-state index in [0.717, 1.165) is 0 Å². The third-order valence-electron chi connectivity index (χ3n) is 3.02. The summed E-state index contributed by atoms with van der Waals surface area (Å²) in [4.78, 5) is 23.8. The molecule has 1 fully saturated rings. The van der Waals surface area contributed by atoms with Crippen LogP contribution in [0, 0.1) is 11.7 Å². The first kappa shape index (κ1) is 14.8. The van der Waals surface area contributed by atoms with Crippen LogP contribution in [0.1, 0.15) is 6.42 Å². The van der Waals surface area contributed by atoms with E-state index in [2.05, 4.69) is 15.9 Å². The highest BCUT2D eigenvalue weighted by molar-refractivity contribution is 9.10. The Labute approximate surface area is 123 Å². The van der Waals surface area contributed by atoms with Crippen molar-refractivity contribution in [2.45, 2.75) is 6.42 Å². The van der Waals surface area contributed by atoms with Crippen molar-refractivity contribution in [1.29, 1.82) is 0 Å². The van der Waals surface area contributed by atoms with Crippen LogP contribution in [-0.4, -0.2) is 41.6 Å². The number of nitrogens with zero attached hydrogens (tertiary/aromatic N) is 1. The molecule has 0 spiro atoms. The van der Waals surface area contributed by atoms with Crippen LogP contribution in [0.4, 0.5) is 4.39 Å². The van der Waals surface area contributed by atoms with Crippen LogP contribution in [0.5, 0.6) is 5.75 Å². The lowest BCUT2D eigenvalue weighted by atomic mass is 9.96. The van der Waals surface area contributed by atoms with Crippen molar-refractivity contribution in [2.24, 2.45) is 5.92 Å². The SMILES string of the molecule is O=C(O)CC1CN(C(=O)COc2ccc(F)cc2Br)C1. The third-order valence-corrected chi connectivity index (χ3v) is 3.64. The third kappa shape index (κ3) is 3.69. The first-order chi connectivity index (χ1) is 9.45. The van der Waals surface area contributed by atoms with Gasteiger partial charge in [-0.05, 0) is 34.1 Å². The van der Waals surface area contributed by atoms with Crippen LogP contribution < -0.4 is 4.74 Å². The van der Waals surface area contributed by atoms with E-state index < -0.39 is 11.8 Å².